The average Bonchev–Trinajstić information content (AvgIpc) is 3.05. The summed E-state index contributed by atoms with van der Waals surface area (Å²) >= 11 is 5.98. The molecule has 0 atom stereocenters. The van der Waals surface area contributed by atoms with Gasteiger partial charge in [0.15, 0.2) is 5.76 Å². The van der Waals surface area contributed by atoms with Crippen LogP contribution >= 0.6 is 11.6 Å². The van der Waals surface area contributed by atoms with E-state index in [1.54, 1.807) is 19.9 Å². The van der Waals surface area contributed by atoms with Gasteiger partial charge in [-0.3, -0.25) is 0 Å². The van der Waals surface area contributed by atoms with Crippen LogP contribution in [0.15, 0.2) is 52.4 Å². The molecule has 6 heteroatoms. The highest BCUT2D eigenvalue weighted by molar-refractivity contribution is 6.30. The molecule has 0 radical (unpaired) electrons. The van der Waals surface area contributed by atoms with Gasteiger partial charge in [0, 0.05) is 22.1 Å². The van der Waals surface area contributed by atoms with Crippen LogP contribution in [0.5, 0.6) is 0 Å². The lowest BCUT2D eigenvalue weighted by Gasteiger charge is -2.09. The molecule has 1 aliphatic heterocycles. The lowest BCUT2D eigenvalue weighted by atomic mass is 10.1. The number of nitrogens with zero attached hydrogens (tertiary/aromatic N) is 2. The molecule has 1 N–H and O–H groups in total. The molecule has 0 aliphatic carbocycles. The highest BCUT2D eigenvalue weighted by Gasteiger charge is 2.27. The van der Waals surface area contributed by atoms with Crippen LogP contribution in [0.2, 0.25) is 5.02 Å². The van der Waals surface area contributed by atoms with Gasteiger partial charge in [-0.05, 0) is 69.7 Å². The van der Waals surface area contributed by atoms with Crippen molar-refractivity contribution in [1.82, 2.24) is 4.57 Å². The third kappa shape index (κ3) is 3.55. The van der Waals surface area contributed by atoms with Crippen LogP contribution in [0, 0.1) is 13.8 Å². The normalized spacial score (nSPS) is 15.4. The molecule has 1 aromatic carbocycles. The zero-order valence-corrected chi connectivity index (χ0v) is 16.5. The first-order valence-corrected chi connectivity index (χ1v) is 9.04. The van der Waals surface area contributed by atoms with E-state index < -0.39 is 5.97 Å². The molecular formula is C21H21ClN2O3. The van der Waals surface area contributed by atoms with Gasteiger partial charge >= 0.3 is 5.97 Å². The van der Waals surface area contributed by atoms with Crippen molar-refractivity contribution in [3.63, 3.8) is 0 Å². The van der Waals surface area contributed by atoms with Gasteiger partial charge in [0.2, 0.25) is 0 Å². The highest BCUT2D eigenvalue weighted by Crippen LogP contribution is 2.29. The number of ether oxygens (including phenoxy) is 1. The van der Waals surface area contributed by atoms with Gasteiger partial charge in [-0.1, -0.05) is 11.6 Å². The summed E-state index contributed by atoms with van der Waals surface area (Å²) in [4.78, 5) is 16.4. The molecule has 0 fully saturated rings. The van der Waals surface area contributed by atoms with Crippen LogP contribution in [-0.2, 0) is 9.53 Å². The molecule has 1 aromatic heterocycles. The number of aromatic nitrogens is 1. The Morgan fingerprint density at radius 2 is 1.93 bits per heavy atom. The van der Waals surface area contributed by atoms with Crippen molar-refractivity contribution in [3.8, 4) is 5.69 Å². The van der Waals surface area contributed by atoms with Crippen molar-refractivity contribution < 1.29 is 14.6 Å². The van der Waals surface area contributed by atoms with E-state index in [9.17, 15) is 9.90 Å². The molecule has 140 valence electrons. The van der Waals surface area contributed by atoms with Gasteiger partial charge in [-0.15, -0.1) is 0 Å². The Hall–Kier alpha value is -2.79. The molecule has 0 saturated heterocycles. The molecule has 2 heterocycles. The quantitative estimate of drug-likeness (QED) is 0.759. The lowest BCUT2D eigenvalue weighted by Crippen LogP contribution is -2.13. The van der Waals surface area contributed by atoms with Crippen molar-refractivity contribution in [3.05, 3.63) is 69.3 Å². The number of hydrogen-bond acceptors (Lipinski definition) is 4. The van der Waals surface area contributed by atoms with E-state index in [4.69, 9.17) is 16.3 Å². The van der Waals surface area contributed by atoms with Crippen LogP contribution in [-0.4, -0.2) is 28.0 Å². The molecular weight excluding hydrogens is 364 g/mol. The van der Waals surface area contributed by atoms with E-state index >= 15 is 0 Å². The topological polar surface area (TPSA) is 63.8 Å². The Balaban J connectivity index is 2.03. The number of carbonyl (C=O) groups excluding carboxylic acids is 1. The van der Waals surface area contributed by atoms with E-state index in [0.29, 0.717) is 16.4 Å². The van der Waals surface area contributed by atoms with Crippen LogP contribution in [0.4, 0.5) is 0 Å². The standard InChI is InChI=1S/C21H21ClN2O3/c1-5-27-21(26)19-13(3)23-18(20(19)25)11-15-10-12(2)24(14(15)4)17-8-6-16(22)7-9-17/h6-11,25H,5H2,1-4H3/b18-11+. The number of esters is 1. The summed E-state index contributed by atoms with van der Waals surface area (Å²) < 4.78 is 7.10. The average molecular weight is 385 g/mol. The second kappa shape index (κ2) is 7.45. The Morgan fingerprint density at radius 3 is 2.56 bits per heavy atom. The second-order valence-electron chi connectivity index (χ2n) is 6.31. The number of benzene rings is 1. The SMILES string of the molecule is CCOC(=O)C1=C(O)/C(=C\c2cc(C)n(-c3ccc(Cl)cc3)c2C)N=C1C. The predicted molar refractivity (Wildman–Crippen MR) is 108 cm³/mol. The minimum Gasteiger partial charge on any atom is -0.505 e. The minimum absolute atomic E-state index is 0.120. The maximum Gasteiger partial charge on any atom is 0.343 e. The molecule has 1 aliphatic rings. The number of aliphatic imine (C=N–C) groups is 1. The van der Waals surface area contributed by atoms with Crippen molar-refractivity contribution in [1.29, 1.82) is 0 Å². The summed E-state index contributed by atoms with van der Waals surface area (Å²) in [6, 6.07) is 9.61. The van der Waals surface area contributed by atoms with E-state index in [0.717, 1.165) is 22.6 Å². The number of hydrogen-bond donors (Lipinski definition) is 1. The van der Waals surface area contributed by atoms with Crippen molar-refractivity contribution >= 4 is 29.4 Å². The Morgan fingerprint density at radius 1 is 1.26 bits per heavy atom. The fourth-order valence-corrected chi connectivity index (χ4v) is 3.33. The predicted octanol–water partition coefficient (Wildman–Crippen LogP) is 4.94. The number of carbonyl (C=O) groups is 1. The summed E-state index contributed by atoms with van der Waals surface area (Å²) in [6.45, 7) is 7.64. The van der Waals surface area contributed by atoms with Crippen molar-refractivity contribution in [2.45, 2.75) is 27.7 Å². The first-order chi connectivity index (χ1) is 12.8. The van der Waals surface area contributed by atoms with Gasteiger partial charge < -0.3 is 14.4 Å². The van der Waals surface area contributed by atoms with Gasteiger partial charge in [0.1, 0.15) is 11.3 Å². The number of aryl methyl sites for hydroxylation is 1. The summed E-state index contributed by atoms with van der Waals surface area (Å²) in [5, 5.41) is 11.1. The molecule has 27 heavy (non-hydrogen) atoms. The van der Waals surface area contributed by atoms with Crippen LogP contribution in [0.1, 0.15) is 30.8 Å². The van der Waals surface area contributed by atoms with Crippen molar-refractivity contribution in [2.75, 3.05) is 6.61 Å². The van der Waals surface area contributed by atoms with E-state index in [-0.39, 0.29) is 17.9 Å². The number of rotatable bonds is 4. The molecule has 0 bridgehead atoms. The van der Waals surface area contributed by atoms with Gasteiger partial charge in [0.25, 0.3) is 0 Å². The molecule has 3 rings (SSSR count). The lowest BCUT2D eigenvalue weighted by molar-refractivity contribution is -0.138. The van der Waals surface area contributed by atoms with Crippen LogP contribution in [0.3, 0.4) is 0 Å². The van der Waals surface area contributed by atoms with Crippen LogP contribution in [0.25, 0.3) is 11.8 Å². The minimum atomic E-state index is -0.564. The van der Waals surface area contributed by atoms with E-state index in [1.807, 2.05) is 44.2 Å². The highest BCUT2D eigenvalue weighted by atomic mass is 35.5. The molecule has 0 unspecified atom stereocenters. The smallest absolute Gasteiger partial charge is 0.343 e. The molecule has 0 saturated carbocycles. The van der Waals surface area contributed by atoms with Crippen molar-refractivity contribution in [2.24, 2.45) is 4.99 Å². The third-order valence-electron chi connectivity index (χ3n) is 4.46. The molecule has 5 nitrogen and oxygen atoms in total. The fraction of sp³-hybridized carbons (Fsp3) is 0.238. The molecule has 2 aromatic rings. The van der Waals surface area contributed by atoms with Gasteiger partial charge in [0.05, 0.1) is 12.3 Å². The van der Waals surface area contributed by atoms with Gasteiger partial charge in [-0.25, -0.2) is 9.79 Å². The summed E-state index contributed by atoms with van der Waals surface area (Å²) in [7, 11) is 0. The maximum absolute atomic E-state index is 12.0. The Bertz CT molecular complexity index is 995. The zero-order valence-electron chi connectivity index (χ0n) is 15.7. The van der Waals surface area contributed by atoms with E-state index in [2.05, 4.69) is 9.56 Å². The second-order valence-corrected chi connectivity index (χ2v) is 6.75. The zero-order chi connectivity index (χ0) is 19.7. The summed E-state index contributed by atoms with van der Waals surface area (Å²) in [5.41, 5.74) is 4.86. The Labute approximate surface area is 163 Å². The first-order valence-electron chi connectivity index (χ1n) is 8.66. The third-order valence-corrected chi connectivity index (χ3v) is 4.71. The number of halogens is 1. The summed E-state index contributed by atoms with van der Waals surface area (Å²) in [6.07, 6.45) is 1.78. The largest absolute Gasteiger partial charge is 0.505 e. The monoisotopic (exact) mass is 384 g/mol. The molecule has 0 spiro atoms. The fourth-order valence-electron chi connectivity index (χ4n) is 3.21. The summed E-state index contributed by atoms with van der Waals surface area (Å²) in [5.74, 6) is -0.714. The first kappa shape index (κ1) is 19.0. The number of aliphatic hydroxyl groups is 1. The molecule has 0 amide bonds. The number of aliphatic hydroxyl groups excluding tert-OH is 1. The maximum atomic E-state index is 12.0. The Kier molecular flexibility index (Phi) is 5.24. The van der Waals surface area contributed by atoms with Crippen LogP contribution < -0.4 is 0 Å². The van der Waals surface area contributed by atoms with E-state index in [1.165, 1.54) is 0 Å². The van der Waals surface area contributed by atoms with Gasteiger partial charge in [-0.2, -0.15) is 0 Å².